The van der Waals surface area contributed by atoms with Gasteiger partial charge in [0.25, 0.3) is 5.91 Å². The van der Waals surface area contributed by atoms with Crippen LogP contribution in [0.5, 0.6) is 5.75 Å². The van der Waals surface area contributed by atoms with Gasteiger partial charge in [0, 0.05) is 6.07 Å². The van der Waals surface area contributed by atoms with Gasteiger partial charge >= 0.3 is 23.7 Å². The number of esters is 2. The number of benzene rings is 1. The fraction of sp³-hybridized carbons (Fsp3) is 0.238. The van der Waals surface area contributed by atoms with Crippen LogP contribution in [0.1, 0.15) is 28.8 Å². The van der Waals surface area contributed by atoms with Crippen molar-refractivity contribution in [1.29, 1.82) is 0 Å². The van der Waals surface area contributed by atoms with Crippen LogP contribution in [0.3, 0.4) is 0 Å². The zero-order chi connectivity index (χ0) is 25.0. The first kappa shape index (κ1) is 24.0. The molecule has 0 unspecified atom stereocenters. The minimum atomic E-state index is -1.08. The summed E-state index contributed by atoms with van der Waals surface area (Å²) >= 11 is 0. The Kier molecular flexibility index (Phi) is 6.95. The van der Waals surface area contributed by atoms with Crippen LogP contribution in [-0.2, 0) is 25.6 Å². The van der Waals surface area contributed by atoms with Crippen molar-refractivity contribution in [3.63, 3.8) is 0 Å². The third kappa shape index (κ3) is 5.03. The van der Waals surface area contributed by atoms with E-state index in [-0.39, 0.29) is 35.1 Å². The summed E-state index contributed by atoms with van der Waals surface area (Å²) in [5, 5.41) is 13.9. The fourth-order valence-corrected chi connectivity index (χ4v) is 2.98. The number of imide groups is 1. The summed E-state index contributed by atoms with van der Waals surface area (Å²) in [7, 11) is 2.34. The number of methoxy groups -OCH3 is 2. The lowest BCUT2D eigenvalue weighted by molar-refractivity contribution is -0.386. The molecule has 2 aromatic rings. The van der Waals surface area contributed by atoms with E-state index in [9.17, 15) is 29.3 Å². The number of nitrogens with zero attached hydrogens (tertiary/aromatic N) is 2. The predicted molar refractivity (Wildman–Crippen MR) is 112 cm³/mol. The third-order valence-electron chi connectivity index (χ3n) is 4.65. The summed E-state index contributed by atoms with van der Waals surface area (Å²) in [6, 6.07) is 5.83. The number of ether oxygens (including phenoxy) is 3. The van der Waals surface area contributed by atoms with Gasteiger partial charge in [0.2, 0.25) is 5.76 Å². The molecule has 0 radical (unpaired) electrons. The fourth-order valence-electron chi connectivity index (χ4n) is 2.98. The van der Waals surface area contributed by atoms with Gasteiger partial charge in [-0.05, 0) is 36.8 Å². The lowest BCUT2D eigenvalue weighted by Crippen LogP contribution is -2.30. The number of urea groups is 1. The largest absolute Gasteiger partial charge is 0.472 e. The van der Waals surface area contributed by atoms with Crippen molar-refractivity contribution >= 4 is 35.6 Å². The van der Waals surface area contributed by atoms with Gasteiger partial charge in [-0.25, -0.2) is 14.4 Å². The SMILES string of the molecule is COC(=O)c1ccc(CN2C(=O)N/C(=C\c3ccc(O[C@@H](C)C(=O)OC)c([N+](=O)[O-])c3)C2=O)o1. The highest BCUT2D eigenvalue weighted by Gasteiger charge is 2.34. The molecule has 1 aliphatic heterocycles. The molecule has 1 N–H and O–H groups in total. The molecule has 1 fully saturated rings. The van der Waals surface area contributed by atoms with Crippen LogP contribution in [0, 0.1) is 10.1 Å². The van der Waals surface area contributed by atoms with Gasteiger partial charge in [-0.2, -0.15) is 0 Å². The Bertz CT molecular complexity index is 1200. The summed E-state index contributed by atoms with van der Waals surface area (Å²) in [6.07, 6.45) is 0.168. The van der Waals surface area contributed by atoms with Crippen molar-refractivity contribution in [3.8, 4) is 5.75 Å². The molecule has 0 spiro atoms. The van der Waals surface area contributed by atoms with Crippen molar-refractivity contribution in [2.45, 2.75) is 19.6 Å². The molecule has 0 aliphatic carbocycles. The standard InChI is InChI=1S/C21H19N3O10/c1-11(19(26)31-2)33-16-6-4-12(9-15(16)24(29)30)8-14-18(25)23(21(28)22-14)10-13-5-7-17(34-13)20(27)32-3/h4-9,11H,10H2,1-3H3,(H,22,28)/b14-8-/t11-/m0/s1. The number of nitro groups is 1. The molecule has 0 saturated carbocycles. The van der Waals surface area contributed by atoms with Gasteiger partial charge in [-0.15, -0.1) is 0 Å². The van der Waals surface area contributed by atoms with E-state index in [1.54, 1.807) is 0 Å². The second-order valence-corrected chi connectivity index (χ2v) is 6.90. The molecule has 3 amide bonds. The van der Waals surface area contributed by atoms with E-state index in [1.807, 2.05) is 0 Å². The first-order chi connectivity index (χ1) is 16.1. The topological polar surface area (TPSA) is 168 Å². The highest BCUT2D eigenvalue weighted by molar-refractivity contribution is 6.13. The van der Waals surface area contributed by atoms with Gasteiger partial charge in [-0.3, -0.25) is 19.8 Å². The maximum Gasteiger partial charge on any atom is 0.373 e. The number of carbonyl (C=O) groups excluding carboxylic acids is 4. The van der Waals surface area contributed by atoms with Gasteiger partial charge < -0.3 is 23.9 Å². The van der Waals surface area contributed by atoms with E-state index in [4.69, 9.17) is 9.15 Å². The molecular formula is C21H19N3O10. The Labute approximate surface area is 192 Å². The maximum absolute atomic E-state index is 12.7. The number of hydrogen-bond acceptors (Lipinski definition) is 10. The molecule has 13 nitrogen and oxygen atoms in total. The van der Waals surface area contributed by atoms with Crippen LogP contribution in [0.4, 0.5) is 10.5 Å². The predicted octanol–water partition coefficient (Wildman–Crippen LogP) is 2.01. The molecule has 1 aliphatic rings. The molecule has 13 heteroatoms. The minimum Gasteiger partial charge on any atom is -0.472 e. The van der Waals surface area contributed by atoms with Gasteiger partial charge in [-0.1, -0.05) is 6.07 Å². The minimum absolute atomic E-state index is 0.0866. The second-order valence-electron chi connectivity index (χ2n) is 6.90. The molecule has 1 aromatic carbocycles. The summed E-state index contributed by atoms with van der Waals surface area (Å²) in [5.41, 5.74) is -0.360. The van der Waals surface area contributed by atoms with E-state index in [2.05, 4.69) is 14.8 Å². The lowest BCUT2D eigenvalue weighted by Gasteiger charge is -2.12. The Hall–Kier alpha value is -4.68. The monoisotopic (exact) mass is 473 g/mol. The quantitative estimate of drug-likeness (QED) is 0.197. The van der Waals surface area contributed by atoms with Crippen molar-refractivity contribution in [3.05, 3.63) is 63.2 Å². The number of carbonyl (C=O) groups is 4. The number of nitro benzene ring substituents is 1. The van der Waals surface area contributed by atoms with Gasteiger partial charge in [0.1, 0.15) is 11.5 Å². The number of nitrogens with one attached hydrogen (secondary N) is 1. The molecule has 34 heavy (non-hydrogen) atoms. The molecule has 1 aromatic heterocycles. The maximum atomic E-state index is 12.7. The molecule has 0 bridgehead atoms. The zero-order valence-corrected chi connectivity index (χ0v) is 18.2. The lowest BCUT2D eigenvalue weighted by atomic mass is 10.1. The van der Waals surface area contributed by atoms with Crippen molar-refractivity contribution in [2.24, 2.45) is 0 Å². The van der Waals surface area contributed by atoms with Gasteiger partial charge in [0.05, 0.1) is 25.7 Å². The van der Waals surface area contributed by atoms with Crippen molar-refractivity contribution < 1.29 is 42.7 Å². The molecule has 178 valence electrons. The van der Waals surface area contributed by atoms with Crippen LogP contribution in [-0.4, -0.2) is 54.0 Å². The van der Waals surface area contributed by atoms with E-state index >= 15 is 0 Å². The van der Waals surface area contributed by atoms with Crippen molar-refractivity contribution in [1.82, 2.24) is 10.2 Å². The zero-order valence-electron chi connectivity index (χ0n) is 18.2. The Morgan fingerprint density at radius 3 is 2.59 bits per heavy atom. The number of furan rings is 1. The molecule has 3 rings (SSSR count). The normalized spacial score (nSPS) is 15.1. The van der Waals surface area contributed by atoms with Crippen LogP contribution in [0.2, 0.25) is 0 Å². The Morgan fingerprint density at radius 1 is 1.21 bits per heavy atom. The molecule has 1 saturated heterocycles. The number of hydrogen-bond donors (Lipinski definition) is 1. The van der Waals surface area contributed by atoms with E-state index in [1.165, 1.54) is 44.4 Å². The second kappa shape index (κ2) is 9.85. The average Bonchev–Trinajstić information content (AvgIpc) is 3.39. The Balaban J connectivity index is 1.80. The van der Waals surface area contributed by atoms with E-state index in [0.29, 0.717) is 0 Å². The van der Waals surface area contributed by atoms with Crippen molar-refractivity contribution in [2.75, 3.05) is 14.2 Å². The van der Waals surface area contributed by atoms with E-state index in [0.717, 1.165) is 18.1 Å². The first-order valence-electron chi connectivity index (χ1n) is 9.69. The van der Waals surface area contributed by atoms with Crippen LogP contribution in [0.15, 0.2) is 40.4 Å². The van der Waals surface area contributed by atoms with E-state index < -0.39 is 40.6 Å². The van der Waals surface area contributed by atoms with Crippen LogP contribution < -0.4 is 10.1 Å². The molecular weight excluding hydrogens is 454 g/mol. The highest BCUT2D eigenvalue weighted by atomic mass is 16.6. The molecule has 2 heterocycles. The van der Waals surface area contributed by atoms with Crippen LogP contribution >= 0.6 is 0 Å². The highest BCUT2D eigenvalue weighted by Crippen LogP contribution is 2.30. The number of rotatable bonds is 8. The summed E-state index contributed by atoms with van der Waals surface area (Å²) < 4.78 is 19.7. The summed E-state index contributed by atoms with van der Waals surface area (Å²) in [6.45, 7) is 1.12. The van der Waals surface area contributed by atoms with Crippen LogP contribution in [0.25, 0.3) is 6.08 Å². The first-order valence-corrected chi connectivity index (χ1v) is 9.69. The summed E-state index contributed by atoms with van der Waals surface area (Å²) in [4.78, 5) is 59.6. The molecule has 1 atom stereocenters. The number of amides is 3. The van der Waals surface area contributed by atoms with Gasteiger partial charge in [0.15, 0.2) is 11.9 Å². The average molecular weight is 473 g/mol. The third-order valence-corrected chi connectivity index (χ3v) is 4.65. The Morgan fingerprint density at radius 2 is 1.94 bits per heavy atom. The smallest absolute Gasteiger partial charge is 0.373 e. The summed E-state index contributed by atoms with van der Waals surface area (Å²) in [5.74, 6) is -2.22.